The number of benzene rings is 3. The van der Waals surface area contributed by atoms with Crippen molar-refractivity contribution in [3.63, 3.8) is 0 Å². The predicted molar refractivity (Wildman–Crippen MR) is 135 cm³/mol. The van der Waals surface area contributed by atoms with Crippen LogP contribution in [0, 0.1) is 11.3 Å². The summed E-state index contributed by atoms with van der Waals surface area (Å²) in [6.07, 6.45) is 0.248. The average molecular weight is 488 g/mol. The first-order chi connectivity index (χ1) is 16.6. The number of nitriles is 1. The van der Waals surface area contributed by atoms with Gasteiger partial charge >= 0.3 is 0 Å². The van der Waals surface area contributed by atoms with Gasteiger partial charge in [0, 0.05) is 23.0 Å². The van der Waals surface area contributed by atoms with Gasteiger partial charge in [0.05, 0.1) is 29.2 Å². The van der Waals surface area contributed by atoms with Crippen molar-refractivity contribution in [1.29, 1.82) is 5.26 Å². The summed E-state index contributed by atoms with van der Waals surface area (Å²) in [5.41, 5.74) is 3.59. The summed E-state index contributed by atoms with van der Waals surface area (Å²) in [5.74, 6) is 1.09. The minimum atomic E-state index is -0.283. The Kier molecular flexibility index (Phi) is 6.48. The lowest BCUT2D eigenvalue weighted by atomic mass is 9.86. The monoisotopic (exact) mass is 487 g/mol. The molecule has 0 radical (unpaired) electrons. The van der Waals surface area contributed by atoms with Crippen molar-refractivity contribution in [3.8, 4) is 11.8 Å². The largest absolute Gasteiger partial charge is 0.489 e. The lowest BCUT2D eigenvalue weighted by molar-refractivity contribution is -0.129. The topological polar surface area (TPSA) is 56.6 Å². The van der Waals surface area contributed by atoms with Crippen LogP contribution in [0.25, 0.3) is 0 Å². The van der Waals surface area contributed by atoms with E-state index in [1.807, 2.05) is 78.9 Å². The third-order valence-electron chi connectivity index (χ3n) is 5.98. The molecule has 3 aromatic carbocycles. The Hall–Kier alpha value is -3.40. The number of amides is 1. The van der Waals surface area contributed by atoms with Crippen LogP contribution in [0.2, 0.25) is 5.02 Å². The van der Waals surface area contributed by atoms with Crippen LogP contribution in [0.5, 0.6) is 5.75 Å². The number of carbonyl (C=O) groups is 1. The molecule has 0 bridgehead atoms. The summed E-state index contributed by atoms with van der Waals surface area (Å²) in [7, 11) is 0. The van der Waals surface area contributed by atoms with Crippen LogP contribution >= 0.6 is 23.4 Å². The second-order valence-electron chi connectivity index (χ2n) is 8.19. The molecule has 0 aliphatic carbocycles. The van der Waals surface area contributed by atoms with E-state index >= 15 is 0 Å². The van der Waals surface area contributed by atoms with Gasteiger partial charge in [0.2, 0.25) is 5.91 Å². The first kappa shape index (κ1) is 22.4. The maximum absolute atomic E-state index is 13.2. The number of ether oxygens (including phenoxy) is 1. The quantitative estimate of drug-likeness (QED) is 0.432. The molecule has 170 valence electrons. The van der Waals surface area contributed by atoms with Gasteiger partial charge < -0.3 is 9.64 Å². The molecular formula is C27H22ClN3O2S. The Bertz CT molecular complexity index is 1290. The standard InChI is InChI=1S/C27H22ClN3O2S/c28-21-9-5-10-22(13-21)30-17-31-26(32)14-24(25(15-29)27(31)34-18-30)20-8-4-11-23(12-20)33-16-19-6-2-1-3-7-19/h1-13,24H,14,16-18H2. The predicted octanol–water partition coefficient (Wildman–Crippen LogP) is 6.14. The molecule has 7 heteroatoms. The number of halogens is 1. The highest BCUT2D eigenvalue weighted by atomic mass is 35.5. The van der Waals surface area contributed by atoms with Gasteiger partial charge in [0.1, 0.15) is 12.4 Å². The van der Waals surface area contributed by atoms with Crippen molar-refractivity contribution < 1.29 is 9.53 Å². The second-order valence-corrected chi connectivity index (χ2v) is 9.56. The van der Waals surface area contributed by atoms with E-state index in [9.17, 15) is 10.1 Å². The Morgan fingerprint density at radius 3 is 2.68 bits per heavy atom. The molecule has 1 unspecified atom stereocenters. The normalized spacial score (nSPS) is 17.9. The molecule has 2 heterocycles. The summed E-state index contributed by atoms with van der Waals surface area (Å²) in [4.78, 5) is 17.0. The Labute approximate surface area is 208 Å². The van der Waals surface area contributed by atoms with Crippen molar-refractivity contribution in [2.75, 3.05) is 17.4 Å². The molecule has 0 spiro atoms. The van der Waals surface area contributed by atoms with E-state index < -0.39 is 0 Å². The number of hydrogen-bond acceptors (Lipinski definition) is 5. The molecule has 2 aliphatic heterocycles. The summed E-state index contributed by atoms with van der Waals surface area (Å²) in [6.45, 7) is 0.864. The van der Waals surface area contributed by atoms with Crippen LogP contribution in [0.3, 0.4) is 0 Å². The highest BCUT2D eigenvalue weighted by Crippen LogP contribution is 2.43. The van der Waals surface area contributed by atoms with Crippen LogP contribution in [0.4, 0.5) is 5.69 Å². The first-order valence-electron chi connectivity index (χ1n) is 11.0. The van der Waals surface area contributed by atoms with Crippen molar-refractivity contribution >= 4 is 35.0 Å². The summed E-state index contributed by atoms with van der Waals surface area (Å²) < 4.78 is 5.98. The molecule has 0 N–H and O–H groups in total. The van der Waals surface area contributed by atoms with Crippen LogP contribution in [-0.4, -0.2) is 23.4 Å². The van der Waals surface area contributed by atoms with E-state index in [0.29, 0.717) is 29.7 Å². The number of hydrogen-bond donors (Lipinski definition) is 0. The van der Waals surface area contributed by atoms with E-state index in [-0.39, 0.29) is 18.2 Å². The molecule has 1 saturated heterocycles. The molecule has 34 heavy (non-hydrogen) atoms. The third-order valence-corrected chi connectivity index (χ3v) is 7.37. The van der Waals surface area contributed by atoms with Crippen LogP contribution < -0.4 is 9.64 Å². The van der Waals surface area contributed by atoms with Crippen molar-refractivity contribution in [2.45, 2.75) is 18.9 Å². The minimum absolute atomic E-state index is 0.00818. The molecule has 5 rings (SSSR count). The first-order valence-corrected chi connectivity index (χ1v) is 12.3. The molecule has 2 aliphatic rings. The zero-order chi connectivity index (χ0) is 23.5. The second kappa shape index (κ2) is 9.84. The van der Waals surface area contributed by atoms with Gasteiger partial charge in [-0.1, -0.05) is 71.9 Å². The SMILES string of the molecule is N#CC1=C2SCN(c3cccc(Cl)c3)CN2C(=O)CC1c1cccc(OCc2ccccc2)c1. The lowest BCUT2D eigenvalue weighted by Gasteiger charge is -2.42. The number of thioether (sulfide) groups is 1. The van der Waals surface area contributed by atoms with Gasteiger partial charge in [-0.2, -0.15) is 5.26 Å². The van der Waals surface area contributed by atoms with Gasteiger partial charge in [-0.25, -0.2) is 0 Å². The number of carbonyl (C=O) groups excluding carboxylic acids is 1. The van der Waals surface area contributed by atoms with E-state index in [4.69, 9.17) is 16.3 Å². The van der Waals surface area contributed by atoms with Crippen molar-refractivity contribution in [1.82, 2.24) is 4.90 Å². The van der Waals surface area contributed by atoms with Gasteiger partial charge in [-0.3, -0.25) is 9.69 Å². The number of nitrogens with zero attached hydrogens (tertiary/aromatic N) is 3. The fourth-order valence-electron chi connectivity index (χ4n) is 4.25. The van der Waals surface area contributed by atoms with Crippen LogP contribution in [0.15, 0.2) is 89.5 Å². The highest BCUT2D eigenvalue weighted by Gasteiger charge is 2.38. The zero-order valence-electron chi connectivity index (χ0n) is 18.4. The molecule has 3 aromatic rings. The van der Waals surface area contributed by atoms with Crippen LogP contribution in [0.1, 0.15) is 23.5 Å². The summed E-state index contributed by atoms with van der Waals surface area (Å²) >= 11 is 7.67. The fourth-order valence-corrected chi connectivity index (χ4v) is 5.60. The van der Waals surface area contributed by atoms with E-state index in [2.05, 4.69) is 11.0 Å². The van der Waals surface area contributed by atoms with Crippen LogP contribution in [-0.2, 0) is 11.4 Å². The molecule has 1 amide bonds. The average Bonchev–Trinajstić information content (AvgIpc) is 2.88. The highest BCUT2D eigenvalue weighted by molar-refractivity contribution is 8.03. The Morgan fingerprint density at radius 2 is 1.88 bits per heavy atom. The molecule has 1 atom stereocenters. The van der Waals surface area contributed by atoms with Crippen molar-refractivity contribution in [2.24, 2.45) is 0 Å². The molecule has 0 aromatic heterocycles. The number of fused-ring (bicyclic) bond motifs is 1. The maximum atomic E-state index is 13.2. The van der Waals surface area contributed by atoms with Gasteiger partial charge in [0.25, 0.3) is 0 Å². The minimum Gasteiger partial charge on any atom is -0.489 e. The summed E-state index contributed by atoms with van der Waals surface area (Å²) in [6, 6.07) is 27.7. The number of rotatable bonds is 5. The fraction of sp³-hybridized carbons (Fsp3) is 0.185. The summed E-state index contributed by atoms with van der Waals surface area (Å²) in [5, 5.41) is 11.5. The van der Waals surface area contributed by atoms with E-state index in [1.165, 1.54) is 11.8 Å². The van der Waals surface area contributed by atoms with E-state index in [1.54, 1.807) is 4.90 Å². The number of anilines is 1. The Morgan fingerprint density at radius 1 is 1.06 bits per heavy atom. The lowest BCUT2D eigenvalue weighted by Crippen LogP contribution is -2.47. The molecular weight excluding hydrogens is 466 g/mol. The molecule has 1 fully saturated rings. The van der Waals surface area contributed by atoms with Crippen molar-refractivity contribution in [3.05, 3.63) is 106 Å². The van der Waals surface area contributed by atoms with E-state index in [0.717, 1.165) is 27.6 Å². The molecule has 0 saturated carbocycles. The smallest absolute Gasteiger partial charge is 0.229 e. The van der Waals surface area contributed by atoms with Gasteiger partial charge in [-0.15, -0.1) is 0 Å². The molecule has 5 nitrogen and oxygen atoms in total. The van der Waals surface area contributed by atoms with Gasteiger partial charge in [0.15, 0.2) is 0 Å². The number of allylic oxidation sites excluding steroid dienone is 1. The Balaban J connectivity index is 1.38. The third kappa shape index (κ3) is 4.63. The maximum Gasteiger partial charge on any atom is 0.229 e. The van der Waals surface area contributed by atoms with Gasteiger partial charge in [-0.05, 0) is 41.5 Å². The zero-order valence-corrected chi connectivity index (χ0v) is 19.9.